The van der Waals surface area contributed by atoms with Crippen molar-refractivity contribution in [3.63, 3.8) is 0 Å². The van der Waals surface area contributed by atoms with Gasteiger partial charge in [-0.3, -0.25) is 0 Å². The Hall–Kier alpha value is -1.15. The van der Waals surface area contributed by atoms with Gasteiger partial charge in [0.2, 0.25) is 0 Å². The minimum Gasteiger partial charge on any atom is -0.367 e. The smallest absolute Gasteiger partial charge is 0.113 e. The van der Waals surface area contributed by atoms with Gasteiger partial charge in [-0.05, 0) is 23.3 Å². The second-order valence-corrected chi connectivity index (χ2v) is 2.89. The Morgan fingerprint density at radius 2 is 2.46 bits per heavy atom. The van der Waals surface area contributed by atoms with Crippen LogP contribution in [0.15, 0.2) is 24.3 Å². The largest absolute Gasteiger partial charge is 0.367 e. The third-order valence-corrected chi connectivity index (χ3v) is 2.06. The quantitative estimate of drug-likeness (QED) is 0.689. The predicted octanol–water partition coefficient (Wildman–Crippen LogP) is 2.54. The van der Waals surface area contributed by atoms with Crippen molar-refractivity contribution in [2.45, 2.75) is 6.10 Å². The number of hydrogen-bond acceptors (Lipinski definition) is 1. The summed E-state index contributed by atoms with van der Waals surface area (Å²) in [6, 6.07) is 8.71. The maximum atomic E-state index is 11.9. The first-order chi connectivity index (χ1) is 6.42. The van der Waals surface area contributed by atoms with Crippen LogP contribution in [0.1, 0.15) is 17.2 Å². The zero-order valence-electron chi connectivity index (χ0n) is 7.16. The fourth-order valence-electron chi connectivity index (χ4n) is 1.47. The fraction of sp³-hybridized carbons (Fsp3) is 0.273. The molecule has 0 spiro atoms. The lowest BCUT2D eigenvalue weighted by Crippen LogP contribution is -2.02. The van der Waals surface area contributed by atoms with Crippen LogP contribution in [-0.2, 0) is 4.74 Å². The Kier molecular flexibility index (Phi) is 2.41. The minimum atomic E-state index is -0.434. The van der Waals surface area contributed by atoms with E-state index in [0.29, 0.717) is 0 Å². The third-order valence-electron chi connectivity index (χ3n) is 2.06. The molecule has 1 aliphatic rings. The average Bonchev–Trinajstić information content (AvgIpc) is 2.58. The van der Waals surface area contributed by atoms with E-state index in [1.165, 1.54) is 0 Å². The van der Waals surface area contributed by atoms with Crippen molar-refractivity contribution >= 4 is 6.08 Å². The maximum Gasteiger partial charge on any atom is 0.113 e. The van der Waals surface area contributed by atoms with Crippen molar-refractivity contribution < 1.29 is 9.13 Å². The lowest BCUT2D eigenvalue weighted by Gasteiger charge is -2.10. The Morgan fingerprint density at radius 3 is 3.31 bits per heavy atom. The van der Waals surface area contributed by atoms with Crippen molar-refractivity contribution in [3.05, 3.63) is 41.5 Å². The number of rotatable bonds is 3. The van der Waals surface area contributed by atoms with Crippen LogP contribution in [0.5, 0.6) is 0 Å². The molecule has 0 saturated carbocycles. The number of hydrogen-bond donors (Lipinski definition) is 0. The lowest BCUT2D eigenvalue weighted by molar-refractivity contribution is 0.0758. The summed E-state index contributed by atoms with van der Waals surface area (Å²) < 4.78 is 17.2. The molecule has 0 amide bonds. The number of benzene rings is 1. The zero-order chi connectivity index (χ0) is 9.10. The number of alkyl halides is 1. The Bertz CT molecular complexity index is 320. The highest BCUT2D eigenvalue weighted by Crippen LogP contribution is 2.30. The Morgan fingerprint density at radius 1 is 1.54 bits per heavy atom. The third kappa shape index (κ3) is 1.63. The highest BCUT2D eigenvalue weighted by molar-refractivity contribution is 5.61. The van der Waals surface area contributed by atoms with Crippen molar-refractivity contribution in [1.29, 1.82) is 0 Å². The highest BCUT2D eigenvalue weighted by Gasteiger charge is 2.16. The summed E-state index contributed by atoms with van der Waals surface area (Å²) in [7, 11) is 0. The normalized spacial score (nSPS) is 19.0. The SMILES string of the molecule is FCCOC1C=Cc2cc[c]cc21. The molecular weight excluding hydrogens is 167 g/mol. The highest BCUT2D eigenvalue weighted by atomic mass is 19.1. The molecule has 0 heterocycles. The average molecular weight is 177 g/mol. The van der Waals surface area contributed by atoms with Crippen LogP contribution in [0, 0.1) is 6.07 Å². The first kappa shape index (κ1) is 8.45. The topological polar surface area (TPSA) is 9.23 Å². The second kappa shape index (κ2) is 3.71. The maximum absolute atomic E-state index is 11.9. The molecule has 1 nitrogen and oxygen atoms in total. The van der Waals surface area contributed by atoms with E-state index in [2.05, 4.69) is 6.07 Å². The summed E-state index contributed by atoms with van der Waals surface area (Å²) in [5, 5.41) is 0. The van der Waals surface area contributed by atoms with Gasteiger partial charge in [0.15, 0.2) is 0 Å². The fourth-order valence-corrected chi connectivity index (χ4v) is 1.47. The molecule has 0 aliphatic heterocycles. The first-order valence-corrected chi connectivity index (χ1v) is 4.27. The van der Waals surface area contributed by atoms with Crippen molar-refractivity contribution in [3.8, 4) is 0 Å². The lowest BCUT2D eigenvalue weighted by atomic mass is 10.1. The Balaban J connectivity index is 2.14. The van der Waals surface area contributed by atoms with E-state index in [1.54, 1.807) is 0 Å². The van der Waals surface area contributed by atoms with Gasteiger partial charge >= 0.3 is 0 Å². The summed E-state index contributed by atoms with van der Waals surface area (Å²) in [6.07, 6.45) is 3.85. The predicted molar refractivity (Wildman–Crippen MR) is 49.0 cm³/mol. The van der Waals surface area contributed by atoms with Crippen LogP contribution in [0.25, 0.3) is 6.08 Å². The molecule has 0 saturated heterocycles. The van der Waals surface area contributed by atoms with Crippen LogP contribution >= 0.6 is 0 Å². The molecule has 0 N–H and O–H groups in total. The van der Waals surface area contributed by atoms with E-state index in [4.69, 9.17) is 4.74 Å². The number of ether oxygens (including phenoxy) is 1. The second-order valence-electron chi connectivity index (χ2n) is 2.89. The van der Waals surface area contributed by atoms with E-state index in [0.717, 1.165) is 11.1 Å². The molecule has 13 heavy (non-hydrogen) atoms. The van der Waals surface area contributed by atoms with Crippen LogP contribution in [-0.4, -0.2) is 13.3 Å². The summed E-state index contributed by atoms with van der Waals surface area (Å²) in [6.45, 7) is -0.278. The van der Waals surface area contributed by atoms with E-state index in [9.17, 15) is 4.39 Å². The van der Waals surface area contributed by atoms with E-state index < -0.39 is 6.67 Å². The molecule has 67 valence electrons. The van der Waals surface area contributed by atoms with Crippen LogP contribution in [0.4, 0.5) is 4.39 Å². The molecular formula is C11H10FO. The molecule has 1 atom stereocenters. The van der Waals surface area contributed by atoms with Gasteiger partial charge in [-0.1, -0.05) is 24.3 Å². The molecule has 0 aromatic heterocycles. The van der Waals surface area contributed by atoms with Gasteiger partial charge in [-0.2, -0.15) is 0 Å². The molecule has 2 heteroatoms. The molecule has 0 bridgehead atoms. The zero-order valence-corrected chi connectivity index (χ0v) is 7.16. The van der Waals surface area contributed by atoms with Crippen molar-refractivity contribution in [2.24, 2.45) is 0 Å². The van der Waals surface area contributed by atoms with Gasteiger partial charge in [-0.25, -0.2) is 4.39 Å². The van der Waals surface area contributed by atoms with Crippen molar-refractivity contribution in [2.75, 3.05) is 13.3 Å². The van der Waals surface area contributed by atoms with Gasteiger partial charge in [0.1, 0.15) is 12.8 Å². The first-order valence-electron chi connectivity index (χ1n) is 4.27. The molecule has 1 aromatic carbocycles. The van der Waals surface area contributed by atoms with Crippen LogP contribution in [0.2, 0.25) is 0 Å². The minimum absolute atomic E-state index is 0.0804. The number of fused-ring (bicyclic) bond motifs is 1. The molecule has 1 unspecified atom stereocenters. The van der Waals surface area contributed by atoms with Crippen LogP contribution in [0.3, 0.4) is 0 Å². The summed E-state index contributed by atoms with van der Waals surface area (Å²) >= 11 is 0. The molecule has 2 rings (SSSR count). The number of halogens is 1. The van der Waals surface area contributed by atoms with Crippen molar-refractivity contribution in [1.82, 2.24) is 0 Å². The van der Waals surface area contributed by atoms with Gasteiger partial charge in [0.25, 0.3) is 0 Å². The van der Waals surface area contributed by atoms with Crippen LogP contribution < -0.4 is 0 Å². The van der Waals surface area contributed by atoms with Gasteiger partial charge in [0, 0.05) is 0 Å². The summed E-state index contributed by atoms with van der Waals surface area (Å²) in [5.74, 6) is 0. The summed E-state index contributed by atoms with van der Waals surface area (Å²) in [5.41, 5.74) is 2.22. The molecule has 0 fully saturated rings. The molecule has 1 radical (unpaired) electrons. The monoisotopic (exact) mass is 177 g/mol. The van der Waals surface area contributed by atoms with Gasteiger partial charge in [-0.15, -0.1) is 0 Å². The van der Waals surface area contributed by atoms with E-state index in [-0.39, 0.29) is 12.7 Å². The van der Waals surface area contributed by atoms with E-state index >= 15 is 0 Å². The molecule has 1 aromatic rings. The van der Waals surface area contributed by atoms with Gasteiger partial charge < -0.3 is 4.74 Å². The van der Waals surface area contributed by atoms with E-state index in [1.807, 2.05) is 30.4 Å². The summed E-state index contributed by atoms with van der Waals surface area (Å²) in [4.78, 5) is 0. The standard InChI is InChI=1S/C11H10FO/c12-7-8-13-11-6-5-9-3-1-2-4-10(9)11/h1,3-6,11H,7-8H2. The Labute approximate surface area is 76.8 Å². The molecule has 1 aliphatic carbocycles. The van der Waals surface area contributed by atoms with Gasteiger partial charge in [0.05, 0.1) is 6.61 Å².